The zero-order valence-corrected chi connectivity index (χ0v) is 12.0. The van der Waals surface area contributed by atoms with E-state index in [1.807, 2.05) is 24.0 Å². The molecule has 1 heterocycles. The number of nitrogens with zero attached hydrogens (tertiary/aromatic N) is 1. The van der Waals surface area contributed by atoms with E-state index < -0.39 is 0 Å². The van der Waals surface area contributed by atoms with Crippen LogP contribution in [0.4, 0.5) is 0 Å². The minimum Gasteiger partial charge on any atom is -0.493 e. The lowest BCUT2D eigenvalue weighted by atomic mass is 9.94. The highest BCUT2D eigenvalue weighted by atomic mass is 16.5. The second kappa shape index (κ2) is 5.51. The summed E-state index contributed by atoms with van der Waals surface area (Å²) in [6.07, 6.45) is 1.41. The first kappa shape index (κ1) is 13.7. The summed E-state index contributed by atoms with van der Waals surface area (Å²) in [4.78, 5) is 13.9. The fourth-order valence-corrected chi connectivity index (χ4v) is 2.61. The van der Waals surface area contributed by atoms with Crippen molar-refractivity contribution in [2.24, 2.45) is 0 Å². The molecule has 1 aliphatic heterocycles. The maximum absolute atomic E-state index is 11.9. The van der Waals surface area contributed by atoms with Gasteiger partial charge in [0.05, 0.1) is 14.2 Å². The normalized spacial score (nSPS) is 17.9. The molecule has 4 nitrogen and oxygen atoms in total. The van der Waals surface area contributed by atoms with Crippen molar-refractivity contribution in [3.05, 3.63) is 23.3 Å². The standard InChI is InChI=1S/C15H21NO3/c1-5-15(17)16-9-12-8-14(19-4)13(18-3)7-11(12)6-10(16)2/h7-8,10H,5-6,9H2,1-4H3. The second-order valence-corrected chi connectivity index (χ2v) is 4.90. The number of carbonyl (C=O) groups excluding carboxylic acids is 1. The van der Waals surface area contributed by atoms with Crippen molar-refractivity contribution in [1.29, 1.82) is 0 Å². The summed E-state index contributed by atoms with van der Waals surface area (Å²) in [5.41, 5.74) is 2.39. The summed E-state index contributed by atoms with van der Waals surface area (Å²) in [6.45, 7) is 4.65. The average molecular weight is 263 g/mol. The van der Waals surface area contributed by atoms with Gasteiger partial charge in [0.25, 0.3) is 0 Å². The molecule has 0 radical (unpaired) electrons. The van der Waals surface area contributed by atoms with Gasteiger partial charge in [0.1, 0.15) is 0 Å². The molecule has 0 fully saturated rings. The van der Waals surface area contributed by atoms with Crippen molar-refractivity contribution in [3.63, 3.8) is 0 Å². The predicted molar refractivity (Wildman–Crippen MR) is 73.6 cm³/mol. The number of amides is 1. The summed E-state index contributed by atoms with van der Waals surface area (Å²) in [6, 6.07) is 4.24. The van der Waals surface area contributed by atoms with Gasteiger partial charge in [0, 0.05) is 19.0 Å². The Morgan fingerprint density at radius 2 is 1.84 bits per heavy atom. The molecule has 0 bridgehead atoms. The van der Waals surface area contributed by atoms with Gasteiger partial charge in [-0.3, -0.25) is 4.79 Å². The van der Waals surface area contributed by atoms with Gasteiger partial charge in [-0.2, -0.15) is 0 Å². The number of ether oxygens (including phenoxy) is 2. The number of carbonyl (C=O) groups is 1. The molecule has 0 spiro atoms. The molecule has 104 valence electrons. The van der Waals surface area contributed by atoms with Crippen molar-refractivity contribution in [2.45, 2.75) is 39.3 Å². The maximum Gasteiger partial charge on any atom is 0.222 e. The number of hydrogen-bond acceptors (Lipinski definition) is 3. The second-order valence-electron chi connectivity index (χ2n) is 4.90. The van der Waals surface area contributed by atoms with Crippen molar-refractivity contribution >= 4 is 5.91 Å². The number of fused-ring (bicyclic) bond motifs is 1. The molecule has 0 N–H and O–H groups in total. The highest BCUT2D eigenvalue weighted by Crippen LogP contribution is 2.34. The Balaban J connectivity index is 2.36. The minimum absolute atomic E-state index is 0.202. The lowest BCUT2D eigenvalue weighted by molar-refractivity contribution is -0.133. The van der Waals surface area contributed by atoms with Crippen LogP contribution in [-0.2, 0) is 17.8 Å². The van der Waals surface area contributed by atoms with Gasteiger partial charge in [-0.15, -0.1) is 0 Å². The monoisotopic (exact) mass is 263 g/mol. The predicted octanol–water partition coefficient (Wildman–Crippen LogP) is 2.39. The molecule has 1 atom stereocenters. The van der Waals surface area contributed by atoms with Crippen LogP contribution >= 0.6 is 0 Å². The van der Waals surface area contributed by atoms with E-state index in [2.05, 4.69) is 6.92 Å². The van der Waals surface area contributed by atoms with Crippen molar-refractivity contribution < 1.29 is 14.3 Å². The summed E-state index contributed by atoms with van der Waals surface area (Å²) in [7, 11) is 3.27. The van der Waals surface area contributed by atoms with Gasteiger partial charge >= 0.3 is 0 Å². The number of hydrogen-bond donors (Lipinski definition) is 0. The summed E-state index contributed by atoms with van der Waals surface area (Å²) in [5.74, 6) is 1.68. The lowest BCUT2D eigenvalue weighted by Crippen LogP contribution is -2.42. The van der Waals surface area contributed by atoms with Crippen molar-refractivity contribution in [1.82, 2.24) is 4.90 Å². The van der Waals surface area contributed by atoms with Crippen LogP contribution in [0.25, 0.3) is 0 Å². The fourth-order valence-electron chi connectivity index (χ4n) is 2.61. The minimum atomic E-state index is 0.202. The Bertz CT molecular complexity index is 485. The van der Waals surface area contributed by atoms with Crippen LogP contribution < -0.4 is 9.47 Å². The molecule has 0 saturated heterocycles. The molecular weight excluding hydrogens is 242 g/mol. The maximum atomic E-state index is 11.9. The molecule has 19 heavy (non-hydrogen) atoms. The lowest BCUT2D eigenvalue weighted by Gasteiger charge is -2.35. The van der Waals surface area contributed by atoms with Gasteiger partial charge in [-0.05, 0) is 36.6 Å². The number of benzene rings is 1. The van der Waals surface area contributed by atoms with E-state index in [0.717, 1.165) is 23.5 Å². The molecule has 2 rings (SSSR count). The SMILES string of the molecule is CCC(=O)N1Cc2cc(OC)c(OC)cc2CC1C. The van der Waals surface area contributed by atoms with Gasteiger partial charge < -0.3 is 14.4 Å². The van der Waals surface area contributed by atoms with E-state index in [1.165, 1.54) is 5.56 Å². The largest absolute Gasteiger partial charge is 0.493 e. The van der Waals surface area contributed by atoms with Crippen molar-refractivity contribution in [2.75, 3.05) is 14.2 Å². The summed E-state index contributed by atoms with van der Waals surface area (Å²) in [5, 5.41) is 0. The highest BCUT2D eigenvalue weighted by molar-refractivity contribution is 5.76. The molecular formula is C15H21NO3. The summed E-state index contributed by atoms with van der Waals surface area (Å²) >= 11 is 0. The van der Waals surface area contributed by atoms with Crippen LogP contribution in [0.2, 0.25) is 0 Å². The third kappa shape index (κ3) is 2.53. The first-order valence-corrected chi connectivity index (χ1v) is 6.63. The fraction of sp³-hybridized carbons (Fsp3) is 0.533. The molecule has 1 unspecified atom stereocenters. The quantitative estimate of drug-likeness (QED) is 0.840. The van der Waals surface area contributed by atoms with Gasteiger partial charge in [-0.25, -0.2) is 0 Å². The van der Waals surface area contributed by atoms with Gasteiger partial charge in [0.15, 0.2) is 11.5 Å². The number of methoxy groups -OCH3 is 2. The molecule has 0 saturated carbocycles. The first-order valence-electron chi connectivity index (χ1n) is 6.63. The van der Waals surface area contributed by atoms with E-state index in [0.29, 0.717) is 13.0 Å². The topological polar surface area (TPSA) is 38.8 Å². The van der Waals surface area contributed by atoms with Crippen LogP contribution in [0.15, 0.2) is 12.1 Å². The zero-order valence-electron chi connectivity index (χ0n) is 12.0. The molecule has 1 aromatic rings. The van der Waals surface area contributed by atoms with Crippen LogP contribution in [0.1, 0.15) is 31.4 Å². The van der Waals surface area contributed by atoms with Crippen LogP contribution in [0.5, 0.6) is 11.5 Å². The molecule has 4 heteroatoms. The van der Waals surface area contributed by atoms with Crippen molar-refractivity contribution in [3.8, 4) is 11.5 Å². The molecule has 1 aromatic carbocycles. The van der Waals surface area contributed by atoms with Gasteiger partial charge in [-0.1, -0.05) is 6.92 Å². The van der Waals surface area contributed by atoms with E-state index in [-0.39, 0.29) is 11.9 Å². The third-order valence-corrected chi connectivity index (χ3v) is 3.72. The smallest absolute Gasteiger partial charge is 0.222 e. The van der Waals surface area contributed by atoms with E-state index in [4.69, 9.17) is 9.47 Å². The van der Waals surface area contributed by atoms with Crippen LogP contribution in [0.3, 0.4) is 0 Å². The highest BCUT2D eigenvalue weighted by Gasteiger charge is 2.27. The first-order chi connectivity index (χ1) is 9.10. The molecule has 0 aromatic heterocycles. The van der Waals surface area contributed by atoms with Crippen LogP contribution in [0, 0.1) is 0 Å². The average Bonchev–Trinajstić information content (AvgIpc) is 2.44. The Kier molecular flexibility index (Phi) is 3.98. The number of rotatable bonds is 3. The van der Waals surface area contributed by atoms with E-state index in [1.54, 1.807) is 14.2 Å². The molecule has 0 aliphatic carbocycles. The Morgan fingerprint density at radius 1 is 1.26 bits per heavy atom. The summed E-state index contributed by atoms with van der Waals surface area (Å²) < 4.78 is 10.7. The Hall–Kier alpha value is -1.71. The van der Waals surface area contributed by atoms with Crippen LogP contribution in [-0.4, -0.2) is 31.1 Å². The molecule has 1 amide bonds. The van der Waals surface area contributed by atoms with Gasteiger partial charge in [0.2, 0.25) is 5.91 Å². The van der Waals surface area contributed by atoms with E-state index >= 15 is 0 Å². The Morgan fingerprint density at radius 3 is 2.37 bits per heavy atom. The molecule has 1 aliphatic rings. The zero-order chi connectivity index (χ0) is 14.0. The van der Waals surface area contributed by atoms with E-state index in [9.17, 15) is 4.79 Å². The third-order valence-electron chi connectivity index (χ3n) is 3.72. The Labute approximate surface area is 114 Å².